The van der Waals surface area contributed by atoms with Crippen LogP contribution in [0.5, 0.6) is 0 Å². The maximum atomic E-state index is 12.6. The van der Waals surface area contributed by atoms with Gasteiger partial charge in [0.1, 0.15) is 5.56 Å². The van der Waals surface area contributed by atoms with Gasteiger partial charge in [-0.1, -0.05) is 0 Å². The highest BCUT2D eigenvalue weighted by Crippen LogP contribution is 2.26. The zero-order valence-corrected chi connectivity index (χ0v) is 14.7. The third kappa shape index (κ3) is 2.59. The van der Waals surface area contributed by atoms with Gasteiger partial charge in [-0.2, -0.15) is 5.10 Å². The molecule has 0 unspecified atom stereocenters. The normalized spacial score (nSPS) is 16.3. The number of amides is 1. The van der Waals surface area contributed by atoms with Crippen molar-refractivity contribution in [3.63, 3.8) is 0 Å². The number of fused-ring (bicyclic) bond motifs is 1. The molecule has 0 saturated carbocycles. The number of hydrogen-bond acceptors (Lipinski definition) is 6. The molecular weight excluding hydrogens is 336 g/mol. The van der Waals surface area contributed by atoms with E-state index >= 15 is 0 Å². The van der Waals surface area contributed by atoms with Crippen molar-refractivity contribution in [1.82, 2.24) is 24.6 Å². The first-order chi connectivity index (χ1) is 12.5. The number of aromatic nitrogens is 4. The van der Waals surface area contributed by atoms with Crippen molar-refractivity contribution < 1.29 is 4.79 Å². The number of likely N-dealkylation sites (N-methyl/N-ethyl adjacent to an activating group) is 1. The highest BCUT2D eigenvalue weighted by atomic mass is 16.2. The molecule has 0 atom stereocenters. The second-order valence-electron chi connectivity index (χ2n) is 6.87. The van der Waals surface area contributed by atoms with Gasteiger partial charge in [0.2, 0.25) is 0 Å². The van der Waals surface area contributed by atoms with Crippen molar-refractivity contribution in [3.05, 3.63) is 49.9 Å². The number of hydrogen-bond donors (Lipinski definition) is 1. The van der Waals surface area contributed by atoms with Gasteiger partial charge in [0.25, 0.3) is 11.5 Å². The fourth-order valence-electron chi connectivity index (χ4n) is 3.43. The number of nitrogens with one attached hydrogen (secondary N) is 1. The molecule has 1 aliphatic heterocycles. The van der Waals surface area contributed by atoms with E-state index in [-0.39, 0.29) is 11.6 Å². The summed E-state index contributed by atoms with van der Waals surface area (Å²) in [7, 11) is 3.01. The zero-order chi connectivity index (χ0) is 18.4. The lowest BCUT2D eigenvalue weighted by Crippen LogP contribution is -2.60. The summed E-state index contributed by atoms with van der Waals surface area (Å²) in [6, 6.07) is 2.07. The summed E-state index contributed by atoms with van der Waals surface area (Å²) >= 11 is 0. The quantitative estimate of drug-likeness (QED) is 0.781. The van der Waals surface area contributed by atoms with E-state index in [1.54, 1.807) is 11.9 Å². The van der Waals surface area contributed by atoms with E-state index in [1.165, 1.54) is 18.8 Å². The zero-order valence-electron chi connectivity index (χ0n) is 14.7. The summed E-state index contributed by atoms with van der Waals surface area (Å²) in [5.74, 6) is 0.439. The number of aryl methyl sites for hydroxylation is 2. The van der Waals surface area contributed by atoms with Crippen LogP contribution < -0.4 is 16.1 Å². The number of nitrogens with zero attached hydrogens (tertiary/aromatic N) is 5. The highest BCUT2D eigenvalue weighted by molar-refractivity contribution is 5.93. The van der Waals surface area contributed by atoms with E-state index in [9.17, 15) is 14.4 Å². The van der Waals surface area contributed by atoms with Crippen LogP contribution in [-0.4, -0.2) is 56.7 Å². The van der Waals surface area contributed by atoms with E-state index in [0.717, 1.165) is 35.3 Å². The first-order valence-corrected chi connectivity index (χ1v) is 8.62. The molecule has 0 bridgehead atoms. The van der Waals surface area contributed by atoms with Crippen LogP contribution in [0.4, 0.5) is 5.82 Å². The molecule has 1 fully saturated rings. The first-order valence-electron chi connectivity index (χ1n) is 8.62. The van der Waals surface area contributed by atoms with E-state index in [0.29, 0.717) is 13.1 Å². The molecule has 1 N–H and O–H groups in total. The van der Waals surface area contributed by atoms with Crippen molar-refractivity contribution in [2.45, 2.75) is 25.3 Å². The van der Waals surface area contributed by atoms with Gasteiger partial charge in [0.15, 0.2) is 5.82 Å². The first kappa shape index (κ1) is 16.5. The lowest BCUT2D eigenvalue weighted by atomic mass is 10.1. The van der Waals surface area contributed by atoms with Gasteiger partial charge in [-0.05, 0) is 30.9 Å². The predicted octanol–water partition coefficient (Wildman–Crippen LogP) is -0.687. The van der Waals surface area contributed by atoms with Crippen LogP contribution in [0.25, 0.3) is 0 Å². The Hall–Kier alpha value is -2.97. The molecule has 136 valence electrons. The Labute approximate surface area is 149 Å². The molecule has 1 aliphatic carbocycles. The summed E-state index contributed by atoms with van der Waals surface area (Å²) in [6.45, 7) is 1.28. The third-order valence-electron chi connectivity index (χ3n) is 5.27. The van der Waals surface area contributed by atoms with Crippen molar-refractivity contribution >= 4 is 11.7 Å². The highest BCUT2D eigenvalue weighted by Gasteiger charge is 2.35. The van der Waals surface area contributed by atoms with E-state index in [4.69, 9.17) is 0 Å². The number of rotatable bonds is 3. The Balaban J connectivity index is 1.45. The maximum absolute atomic E-state index is 12.6. The molecule has 1 amide bonds. The fraction of sp³-hybridized carbons (Fsp3) is 0.471. The Kier molecular flexibility index (Phi) is 3.86. The molecule has 0 spiro atoms. The smallest absolute Gasteiger partial charge is 0.328 e. The van der Waals surface area contributed by atoms with Crippen LogP contribution in [0, 0.1) is 0 Å². The molecule has 2 aliphatic rings. The van der Waals surface area contributed by atoms with Crippen molar-refractivity contribution in [2.24, 2.45) is 7.05 Å². The Bertz CT molecular complexity index is 989. The molecule has 2 aromatic heterocycles. The standard InChI is InChI=1S/C17H20N6O3/c1-21(15(24)12-7-18-17(26)22(2)16(12)25)11-8-23(9-11)14-6-10-4-3-5-13(10)19-20-14/h6-7,11H,3-5,8-9H2,1-2H3,(H,18,26). The van der Waals surface area contributed by atoms with Gasteiger partial charge in [0, 0.05) is 33.4 Å². The summed E-state index contributed by atoms with van der Waals surface area (Å²) in [6.07, 6.45) is 4.35. The maximum Gasteiger partial charge on any atom is 0.328 e. The van der Waals surface area contributed by atoms with Crippen LogP contribution in [0.15, 0.2) is 21.9 Å². The van der Waals surface area contributed by atoms with Crippen LogP contribution in [-0.2, 0) is 19.9 Å². The molecule has 4 rings (SSSR count). The van der Waals surface area contributed by atoms with Gasteiger partial charge >= 0.3 is 5.69 Å². The largest absolute Gasteiger partial charge is 0.351 e. The Morgan fingerprint density at radius 1 is 1.27 bits per heavy atom. The summed E-state index contributed by atoms with van der Waals surface area (Å²) < 4.78 is 0.897. The molecule has 1 saturated heterocycles. The van der Waals surface area contributed by atoms with Crippen LogP contribution in [0.3, 0.4) is 0 Å². The van der Waals surface area contributed by atoms with Gasteiger partial charge in [-0.3, -0.25) is 14.2 Å². The number of anilines is 1. The molecule has 9 heteroatoms. The van der Waals surface area contributed by atoms with Crippen LogP contribution >= 0.6 is 0 Å². The van der Waals surface area contributed by atoms with E-state index < -0.39 is 17.2 Å². The number of aromatic amines is 1. The number of carbonyl (C=O) groups is 1. The predicted molar refractivity (Wildman–Crippen MR) is 94.5 cm³/mol. The van der Waals surface area contributed by atoms with Crippen LogP contribution in [0.1, 0.15) is 28.0 Å². The van der Waals surface area contributed by atoms with Crippen molar-refractivity contribution in [3.8, 4) is 0 Å². The van der Waals surface area contributed by atoms with Crippen LogP contribution in [0.2, 0.25) is 0 Å². The molecule has 3 heterocycles. The van der Waals surface area contributed by atoms with E-state index in [2.05, 4.69) is 26.1 Å². The third-order valence-corrected chi connectivity index (χ3v) is 5.27. The van der Waals surface area contributed by atoms with E-state index in [1.807, 2.05) is 0 Å². The van der Waals surface area contributed by atoms with Gasteiger partial charge in [0.05, 0.1) is 11.7 Å². The summed E-state index contributed by atoms with van der Waals surface area (Å²) in [5, 5.41) is 8.58. The minimum absolute atomic E-state index is 0.0193. The molecule has 0 radical (unpaired) electrons. The Morgan fingerprint density at radius 2 is 2.04 bits per heavy atom. The van der Waals surface area contributed by atoms with Gasteiger partial charge < -0.3 is 14.8 Å². The minimum Gasteiger partial charge on any atom is -0.351 e. The monoisotopic (exact) mass is 356 g/mol. The second kappa shape index (κ2) is 6.08. The van der Waals surface area contributed by atoms with Gasteiger partial charge in [-0.15, -0.1) is 5.10 Å². The SMILES string of the molecule is CN(C(=O)c1c[nH]c(=O)n(C)c1=O)C1CN(c2cc3c(nn2)CCC3)C1. The Morgan fingerprint density at radius 3 is 2.81 bits per heavy atom. The molecule has 0 aromatic carbocycles. The van der Waals surface area contributed by atoms with Crippen molar-refractivity contribution in [2.75, 3.05) is 25.0 Å². The van der Waals surface area contributed by atoms with Gasteiger partial charge in [-0.25, -0.2) is 4.79 Å². The fourth-order valence-corrected chi connectivity index (χ4v) is 3.43. The number of H-pyrrole nitrogens is 1. The molecule has 26 heavy (non-hydrogen) atoms. The average molecular weight is 356 g/mol. The average Bonchev–Trinajstić information content (AvgIpc) is 3.06. The summed E-state index contributed by atoms with van der Waals surface area (Å²) in [4.78, 5) is 42.2. The topological polar surface area (TPSA) is 104 Å². The lowest BCUT2D eigenvalue weighted by Gasteiger charge is -2.44. The lowest BCUT2D eigenvalue weighted by molar-refractivity contribution is 0.0702. The summed E-state index contributed by atoms with van der Waals surface area (Å²) in [5.41, 5.74) is 1.18. The molecule has 9 nitrogen and oxygen atoms in total. The number of carbonyl (C=O) groups excluding carboxylic acids is 1. The molecule has 2 aromatic rings. The molecular formula is C17H20N6O3. The second-order valence-corrected chi connectivity index (χ2v) is 6.87. The minimum atomic E-state index is -0.591. The van der Waals surface area contributed by atoms with Crippen molar-refractivity contribution in [1.29, 1.82) is 0 Å².